The fraction of sp³-hybridized carbons (Fsp3) is 0.538. The molecule has 1 heterocycles. The quantitative estimate of drug-likeness (QED) is 0.500. The Bertz CT molecular complexity index is 413. The van der Waals surface area contributed by atoms with Crippen LogP contribution in [0.25, 0.3) is 0 Å². The molecule has 3 heteroatoms. The van der Waals surface area contributed by atoms with Crippen molar-refractivity contribution < 1.29 is 0 Å². The highest BCUT2D eigenvalue weighted by molar-refractivity contribution is 14.1. The molecular formula is C13H16INS. The highest BCUT2D eigenvalue weighted by Crippen LogP contribution is 2.36. The van der Waals surface area contributed by atoms with E-state index in [1.165, 1.54) is 22.1 Å². The van der Waals surface area contributed by atoms with E-state index in [9.17, 15) is 0 Å². The third kappa shape index (κ3) is 2.99. The first kappa shape index (κ1) is 12.4. The zero-order valence-electron chi connectivity index (χ0n) is 9.48. The van der Waals surface area contributed by atoms with Crippen LogP contribution in [0.5, 0.6) is 0 Å². The number of hydrogen-bond donors (Lipinski definition) is 1. The standard InChI is InChI=1S/C13H16INS/c1-2-3-4-8-15-11-6-5-7-12-10(11)9-13(14)16-12/h9,11,15H,4-8H2,1H3. The Morgan fingerprint density at radius 1 is 1.62 bits per heavy atom. The number of halogens is 1. The van der Waals surface area contributed by atoms with Gasteiger partial charge in [0.15, 0.2) is 0 Å². The summed E-state index contributed by atoms with van der Waals surface area (Å²) in [7, 11) is 0. The van der Waals surface area contributed by atoms with Gasteiger partial charge >= 0.3 is 0 Å². The van der Waals surface area contributed by atoms with Gasteiger partial charge in [-0.05, 0) is 60.4 Å². The lowest BCUT2D eigenvalue weighted by atomic mass is 9.94. The van der Waals surface area contributed by atoms with Crippen LogP contribution in [-0.4, -0.2) is 6.54 Å². The van der Waals surface area contributed by atoms with Crippen molar-refractivity contribution in [1.82, 2.24) is 5.32 Å². The minimum absolute atomic E-state index is 0.571. The van der Waals surface area contributed by atoms with Gasteiger partial charge in [-0.25, -0.2) is 0 Å². The van der Waals surface area contributed by atoms with Crippen LogP contribution in [0, 0.1) is 14.7 Å². The molecule has 2 rings (SSSR count). The molecule has 0 aliphatic heterocycles. The summed E-state index contributed by atoms with van der Waals surface area (Å²) >= 11 is 4.39. The summed E-state index contributed by atoms with van der Waals surface area (Å²) < 4.78 is 1.42. The molecule has 86 valence electrons. The SMILES string of the molecule is CC#CCCNC1CCCc2sc(I)cc21. The van der Waals surface area contributed by atoms with Gasteiger partial charge in [0.25, 0.3) is 0 Å². The molecule has 1 unspecified atom stereocenters. The van der Waals surface area contributed by atoms with Crippen LogP contribution in [-0.2, 0) is 6.42 Å². The Balaban J connectivity index is 1.97. The van der Waals surface area contributed by atoms with Crippen molar-refractivity contribution in [2.75, 3.05) is 6.54 Å². The molecular weight excluding hydrogens is 329 g/mol. The summed E-state index contributed by atoms with van der Waals surface area (Å²) in [5.41, 5.74) is 1.55. The van der Waals surface area contributed by atoms with Crippen LogP contribution in [0.3, 0.4) is 0 Å². The predicted octanol–water partition coefficient (Wildman–Crippen LogP) is 3.73. The first-order chi connectivity index (χ1) is 7.81. The zero-order valence-corrected chi connectivity index (χ0v) is 12.5. The van der Waals surface area contributed by atoms with Crippen LogP contribution in [0.1, 0.15) is 42.7 Å². The van der Waals surface area contributed by atoms with Gasteiger partial charge in [-0.3, -0.25) is 0 Å². The highest BCUT2D eigenvalue weighted by atomic mass is 127. The lowest BCUT2D eigenvalue weighted by Crippen LogP contribution is -2.25. The number of thiophene rings is 1. The van der Waals surface area contributed by atoms with E-state index in [0.29, 0.717) is 6.04 Å². The molecule has 0 fully saturated rings. The molecule has 16 heavy (non-hydrogen) atoms. The van der Waals surface area contributed by atoms with Crippen molar-refractivity contribution in [2.45, 2.75) is 38.6 Å². The fourth-order valence-electron chi connectivity index (χ4n) is 2.17. The highest BCUT2D eigenvalue weighted by Gasteiger charge is 2.21. The summed E-state index contributed by atoms with van der Waals surface area (Å²) in [6, 6.07) is 2.92. The molecule has 1 aromatic heterocycles. The second kappa shape index (κ2) is 6.04. The van der Waals surface area contributed by atoms with Crippen LogP contribution < -0.4 is 5.32 Å². The van der Waals surface area contributed by atoms with Crippen LogP contribution in [0.2, 0.25) is 0 Å². The van der Waals surface area contributed by atoms with Crippen molar-refractivity contribution in [3.8, 4) is 11.8 Å². The zero-order chi connectivity index (χ0) is 11.4. The Morgan fingerprint density at radius 2 is 2.50 bits per heavy atom. The van der Waals surface area contributed by atoms with Crippen molar-refractivity contribution >= 4 is 33.9 Å². The molecule has 0 amide bonds. The van der Waals surface area contributed by atoms with Gasteiger partial charge in [-0.2, -0.15) is 0 Å². The minimum atomic E-state index is 0.571. The predicted molar refractivity (Wildman–Crippen MR) is 78.8 cm³/mol. The van der Waals surface area contributed by atoms with Crippen molar-refractivity contribution in [3.05, 3.63) is 19.4 Å². The van der Waals surface area contributed by atoms with E-state index < -0.39 is 0 Å². The van der Waals surface area contributed by atoms with Crippen molar-refractivity contribution in [1.29, 1.82) is 0 Å². The average Bonchev–Trinajstić information content (AvgIpc) is 2.65. The van der Waals surface area contributed by atoms with E-state index in [0.717, 1.165) is 13.0 Å². The Hall–Kier alpha value is -0.0500. The number of rotatable bonds is 3. The largest absolute Gasteiger partial charge is 0.309 e. The molecule has 0 spiro atoms. The summed E-state index contributed by atoms with van der Waals surface area (Å²) in [6.07, 6.45) is 4.83. The van der Waals surface area contributed by atoms with Crippen molar-refractivity contribution in [2.24, 2.45) is 0 Å². The van der Waals surface area contributed by atoms with E-state index in [1.54, 1.807) is 10.4 Å². The molecule has 1 aromatic rings. The topological polar surface area (TPSA) is 12.0 Å². The normalized spacial score (nSPS) is 18.8. The van der Waals surface area contributed by atoms with E-state index >= 15 is 0 Å². The fourth-order valence-corrected chi connectivity index (χ4v) is 4.29. The maximum Gasteiger partial charge on any atom is 0.0659 e. The molecule has 1 N–H and O–H groups in total. The lowest BCUT2D eigenvalue weighted by Gasteiger charge is -2.23. The Labute approximate surface area is 115 Å². The van der Waals surface area contributed by atoms with Gasteiger partial charge in [0.05, 0.1) is 2.88 Å². The van der Waals surface area contributed by atoms with Gasteiger partial charge < -0.3 is 5.32 Å². The van der Waals surface area contributed by atoms with E-state index in [2.05, 4.69) is 45.8 Å². The van der Waals surface area contributed by atoms with Gasteiger partial charge in [-0.1, -0.05) is 0 Å². The molecule has 0 saturated carbocycles. The third-order valence-corrected chi connectivity index (χ3v) is 4.87. The molecule has 0 aromatic carbocycles. The molecule has 1 atom stereocenters. The van der Waals surface area contributed by atoms with Gasteiger partial charge in [0, 0.05) is 23.9 Å². The summed E-state index contributed by atoms with van der Waals surface area (Å²) in [5.74, 6) is 6.05. The van der Waals surface area contributed by atoms with Gasteiger partial charge in [-0.15, -0.1) is 23.2 Å². The molecule has 0 bridgehead atoms. The minimum Gasteiger partial charge on any atom is -0.309 e. The summed E-state index contributed by atoms with van der Waals surface area (Å²) in [4.78, 5) is 1.59. The summed E-state index contributed by atoms with van der Waals surface area (Å²) in [5, 5.41) is 3.63. The Morgan fingerprint density at radius 3 is 3.31 bits per heavy atom. The van der Waals surface area contributed by atoms with E-state index in [4.69, 9.17) is 0 Å². The number of nitrogens with one attached hydrogen (secondary N) is 1. The second-order valence-corrected chi connectivity index (χ2v) is 7.04. The first-order valence-corrected chi connectivity index (χ1v) is 7.62. The number of fused-ring (bicyclic) bond motifs is 1. The maximum absolute atomic E-state index is 3.63. The molecule has 1 aliphatic carbocycles. The molecule has 0 saturated heterocycles. The van der Waals surface area contributed by atoms with Crippen molar-refractivity contribution in [3.63, 3.8) is 0 Å². The monoisotopic (exact) mass is 345 g/mol. The molecule has 0 radical (unpaired) electrons. The van der Waals surface area contributed by atoms with E-state index in [-0.39, 0.29) is 0 Å². The second-order valence-electron chi connectivity index (χ2n) is 4.00. The smallest absolute Gasteiger partial charge is 0.0659 e. The van der Waals surface area contributed by atoms with Gasteiger partial charge in [0.2, 0.25) is 0 Å². The number of hydrogen-bond acceptors (Lipinski definition) is 2. The van der Waals surface area contributed by atoms with E-state index in [1.807, 2.05) is 18.3 Å². The number of aryl methyl sites for hydroxylation is 1. The Kier molecular flexibility index (Phi) is 4.68. The lowest BCUT2D eigenvalue weighted by molar-refractivity contribution is 0.470. The average molecular weight is 345 g/mol. The maximum atomic E-state index is 3.63. The molecule has 1 nitrogen and oxygen atoms in total. The summed E-state index contributed by atoms with van der Waals surface area (Å²) in [6.45, 7) is 2.91. The van der Waals surface area contributed by atoms with Crippen LogP contribution >= 0.6 is 33.9 Å². The third-order valence-electron chi connectivity index (χ3n) is 2.90. The van der Waals surface area contributed by atoms with Crippen LogP contribution in [0.4, 0.5) is 0 Å². The first-order valence-electron chi connectivity index (χ1n) is 5.72. The van der Waals surface area contributed by atoms with Crippen LogP contribution in [0.15, 0.2) is 6.07 Å². The molecule has 1 aliphatic rings. The van der Waals surface area contributed by atoms with Gasteiger partial charge in [0.1, 0.15) is 0 Å².